The minimum Gasteiger partial charge on any atom is -0.208 e. The fourth-order valence-electron chi connectivity index (χ4n) is 6.09. The van der Waals surface area contributed by atoms with Gasteiger partial charge in [0.25, 0.3) is 0 Å². The maximum absolute atomic E-state index is 5.13. The molecule has 0 atom stereocenters. The van der Waals surface area contributed by atoms with Gasteiger partial charge in [0.05, 0.1) is 0 Å². The maximum atomic E-state index is 5.13. The Bertz CT molecular complexity index is 2150. The number of aromatic nitrogens is 3. The van der Waals surface area contributed by atoms with Crippen LogP contribution in [0.4, 0.5) is 0 Å². The highest BCUT2D eigenvalue weighted by Crippen LogP contribution is 2.43. The first kappa shape index (κ1) is 25.8. The lowest BCUT2D eigenvalue weighted by molar-refractivity contribution is 1.08. The van der Waals surface area contributed by atoms with Crippen molar-refractivity contribution in [1.82, 2.24) is 15.0 Å². The first-order chi connectivity index (χ1) is 21.8. The lowest BCUT2D eigenvalue weighted by atomic mass is 9.87. The molecule has 3 heteroatoms. The van der Waals surface area contributed by atoms with Gasteiger partial charge in [-0.2, -0.15) is 0 Å². The summed E-state index contributed by atoms with van der Waals surface area (Å²) < 4.78 is 0. The van der Waals surface area contributed by atoms with Crippen molar-refractivity contribution in [3.05, 3.63) is 164 Å². The van der Waals surface area contributed by atoms with Gasteiger partial charge in [-0.1, -0.05) is 158 Å². The summed E-state index contributed by atoms with van der Waals surface area (Å²) in [6, 6.07) is 56.9. The summed E-state index contributed by atoms with van der Waals surface area (Å²) in [5.41, 5.74) is 7.70. The molecular formula is C41H27N3. The highest BCUT2D eigenvalue weighted by atomic mass is 15.0. The highest BCUT2D eigenvalue weighted by molar-refractivity contribution is 6.21. The van der Waals surface area contributed by atoms with Crippen LogP contribution in [0.3, 0.4) is 0 Å². The van der Waals surface area contributed by atoms with E-state index in [2.05, 4.69) is 103 Å². The molecule has 0 radical (unpaired) electrons. The van der Waals surface area contributed by atoms with E-state index in [4.69, 9.17) is 15.0 Å². The summed E-state index contributed by atoms with van der Waals surface area (Å²) in [5.74, 6) is 1.97. The summed E-state index contributed by atoms with van der Waals surface area (Å²) in [6.07, 6.45) is 0. The number of nitrogens with zero attached hydrogens (tertiary/aromatic N) is 3. The summed E-state index contributed by atoms with van der Waals surface area (Å²) >= 11 is 0. The Morgan fingerprint density at radius 1 is 0.250 bits per heavy atom. The first-order valence-corrected chi connectivity index (χ1v) is 14.8. The molecule has 1 aromatic heterocycles. The molecule has 3 nitrogen and oxygen atoms in total. The Morgan fingerprint density at radius 2 is 0.614 bits per heavy atom. The summed E-state index contributed by atoms with van der Waals surface area (Å²) in [4.78, 5) is 15.2. The summed E-state index contributed by atoms with van der Waals surface area (Å²) in [5, 5.41) is 4.54. The Kier molecular flexibility index (Phi) is 6.47. The average molecular weight is 562 g/mol. The number of hydrogen-bond donors (Lipinski definition) is 0. The number of hydrogen-bond acceptors (Lipinski definition) is 3. The van der Waals surface area contributed by atoms with Crippen LogP contribution in [0.25, 0.3) is 78.0 Å². The Hall–Kier alpha value is -5.93. The van der Waals surface area contributed by atoms with Gasteiger partial charge in [0.1, 0.15) is 0 Å². The van der Waals surface area contributed by atoms with Gasteiger partial charge < -0.3 is 0 Å². The van der Waals surface area contributed by atoms with Crippen molar-refractivity contribution in [2.24, 2.45) is 0 Å². The Balaban J connectivity index is 1.43. The second-order valence-corrected chi connectivity index (χ2v) is 10.8. The van der Waals surface area contributed by atoms with E-state index in [1.165, 1.54) is 22.3 Å². The largest absolute Gasteiger partial charge is 0.208 e. The molecule has 0 bridgehead atoms. The van der Waals surface area contributed by atoms with Crippen LogP contribution in [0.15, 0.2) is 164 Å². The molecule has 8 rings (SSSR count). The molecule has 7 aromatic carbocycles. The van der Waals surface area contributed by atoms with E-state index in [0.717, 1.165) is 38.2 Å². The van der Waals surface area contributed by atoms with Gasteiger partial charge in [-0.3, -0.25) is 0 Å². The normalized spacial score (nSPS) is 11.2. The standard InChI is InChI=1S/C41H27N3/c1-4-15-28(16-5-1)31-21-14-22-32(27-31)37-33-23-10-12-25-35(33)38(36-26-13-11-24-34(36)37)41-43-39(29-17-6-2-7-18-29)42-40(44-41)30-19-8-3-9-20-30/h1-27H. The lowest BCUT2D eigenvalue weighted by Crippen LogP contribution is -2.01. The van der Waals surface area contributed by atoms with E-state index in [1.54, 1.807) is 0 Å². The van der Waals surface area contributed by atoms with Crippen LogP contribution in [-0.2, 0) is 0 Å². The second kappa shape index (κ2) is 11.0. The maximum Gasteiger partial charge on any atom is 0.165 e. The molecule has 0 aliphatic heterocycles. The minimum absolute atomic E-state index is 0.655. The van der Waals surface area contributed by atoms with Crippen LogP contribution < -0.4 is 0 Å². The Labute approximate surface area is 256 Å². The van der Waals surface area contributed by atoms with Crippen LogP contribution >= 0.6 is 0 Å². The molecule has 0 amide bonds. The van der Waals surface area contributed by atoms with E-state index >= 15 is 0 Å². The van der Waals surface area contributed by atoms with Gasteiger partial charge in [-0.05, 0) is 49.9 Å². The van der Waals surface area contributed by atoms with E-state index in [9.17, 15) is 0 Å². The van der Waals surface area contributed by atoms with E-state index in [-0.39, 0.29) is 0 Å². The second-order valence-electron chi connectivity index (χ2n) is 10.8. The van der Waals surface area contributed by atoms with Gasteiger partial charge in [-0.15, -0.1) is 0 Å². The van der Waals surface area contributed by atoms with Gasteiger partial charge in [0.15, 0.2) is 17.5 Å². The third-order valence-electron chi connectivity index (χ3n) is 8.11. The van der Waals surface area contributed by atoms with Gasteiger partial charge in [0.2, 0.25) is 0 Å². The third kappa shape index (κ3) is 4.61. The van der Waals surface area contributed by atoms with Crippen molar-refractivity contribution in [3.8, 4) is 56.4 Å². The van der Waals surface area contributed by atoms with Crippen LogP contribution in [-0.4, -0.2) is 15.0 Å². The zero-order valence-corrected chi connectivity index (χ0v) is 23.9. The fraction of sp³-hybridized carbons (Fsp3) is 0. The van der Waals surface area contributed by atoms with E-state index < -0.39 is 0 Å². The lowest BCUT2D eigenvalue weighted by Gasteiger charge is -2.18. The summed E-state index contributed by atoms with van der Waals surface area (Å²) in [7, 11) is 0. The quantitative estimate of drug-likeness (QED) is 0.196. The SMILES string of the molecule is c1ccc(-c2cccc(-c3c4ccccc4c(-c4nc(-c5ccccc5)nc(-c5ccccc5)n4)c4ccccc34)c2)cc1. The van der Waals surface area contributed by atoms with Crippen LogP contribution in [0.1, 0.15) is 0 Å². The predicted octanol–water partition coefficient (Wildman–Crippen LogP) is 10.5. The number of benzene rings is 7. The molecule has 1 heterocycles. The highest BCUT2D eigenvalue weighted by Gasteiger charge is 2.20. The molecular weight excluding hydrogens is 534 g/mol. The number of fused-ring (bicyclic) bond motifs is 2. The van der Waals surface area contributed by atoms with Crippen molar-refractivity contribution in [3.63, 3.8) is 0 Å². The molecule has 0 aliphatic rings. The molecule has 0 saturated carbocycles. The van der Waals surface area contributed by atoms with Crippen LogP contribution in [0.5, 0.6) is 0 Å². The van der Waals surface area contributed by atoms with Crippen molar-refractivity contribution >= 4 is 21.5 Å². The molecule has 0 saturated heterocycles. The molecule has 0 unspecified atom stereocenters. The van der Waals surface area contributed by atoms with Gasteiger partial charge in [-0.25, -0.2) is 15.0 Å². The summed E-state index contributed by atoms with van der Waals surface area (Å²) in [6.45, 7) is 0. The fourth-order valence-corrected chi connectivity index (χ4v) is 6.09. The topological polar surface area (TPSA) is 38.7 Å². The van der Waals surface area contributed by atoms with Crippen LogP contribution in [0, 0.1) is 0 Å². The van der Waals surface area contributed by atoms with E-state index in [0.29, 0.717) is 17.5 Å². The van der Waals surface area contributed by atoms with Crippen molar-refractivity contribution in [2.45, 2.75) is 0 Å². The molecule has 0 N–H and O–H groups in total. The van der Waals surface area contributed by atoms with E-state index in [1.807, 2.05) is 60.7 Å². The third-order valence-corrected chi connectivity index (χ3v) is 8.11. The molecule has 0 aliphatic carbocycles. The van der Waals surface area contributed by atoms with Gasteiger partial charge >= 0.3 is 0 Å². The number of rotatable bonds is 5. The molecule has 206 valence electrons. The zero-order chi connectivity index (χ0) is 29.3. The predicted molar refractivity (Wildman–Crippen MR) is 182 cm³/mol. The van der Waals surface area contributed by atoms with Crippen molar-refractivity contribution in [2.75, 3.05) is 0 Å². The monoisotopic (exact) mass is 561 g/mol. The average Bonchev–Trinajstić information content (AvgIpc) is 3.11. The first-order valence-electron chi connectivity index (χ1n) is 14.8. The van der Waals surface area contributed by atoms with Crippen molar-refractivity contribution in [1.29, 1.82) is 0 Å². The Morgan fingerprint density at radius 3 is 1.11 bits per heavy atom. The smallest absolute Gasteiger partial charge is 0.165 e. The molecule has 0 fully saturated rings. The molecule has 8 aromatic rings. The zero-order valence-electron chi connectivity index (χ0n) is 23.9. The molecule has 44 heavy (non-hydrogen) atoms. The van der Waals surface area contributed by atoms with Gasteiger partial charge in [0, 0.05) is 16.7 Å². The minimum atomic E-state index is 0.655. The molecule has 0 spiro atoms. The van der Waals surface area contributed by atoms with Crippen molar-refractivity contribution < 1.29 is 0 Å². The van der Waals surface area contributed by atoms with Crippen LogP contribution in [0.2, 0.25) is 0 Å².